The highest BCUT2D eigenvalue weighted by Crippen LogP contribution is 2.25. The molecule has 0 aromatic heterocycles. The Labute approximate surface area is 139 Å². The van der Waals surface area contributed by atoms with Crippen molar-refractivity contribution in [3.8, 4) is 6.07 Å². The Hall–Kier alpha value is -2.75. The van der Waals surface area contributed by atoms with E-state index in [-0.39, 0.29) is 23.7 Å². The molecule has 2 aromatic carbocycles. The van der Waals surface area contributed by atoms with Crippen molar-refractivity contribution in [3.05, 3.63) is 71.0 Å². The zero-order valence-corrected chi connectivity index (χ0v) is 12.9. The van der Waals surface area contributed by atoms with Crippen molar-refractivity contribution < 1.29 is 9.18 Å². The lowest BCUT2D eigenvalue weighted by Gasteiger charge is -2.18. The fourth-order valence-electron chi connectivity index (χ4n) is 2.80. The molecule has 2 atom stereocenters. The number of amides is 1. The van der Waals surface area contributed by atoms with Crippen LogP contribution in [-0.2, 0) is 11.3 Å². The summed E-state index contributed by atoms with van der Waals surface area (Å²) in [5.41, 5.74) is 8.34. The summed E-state index contributed by atoms with van der Waals surface area (Å²) in [6, 6.07) is 15.1. The summed E-state index contributed by atoms with van der Waals surface area (Å²) in [5, 5.41) is 11.8. The number of benzene rings is 2. The lowest BCUT2D eigenvalue weighted by molar-refractivity contribution is -0.125. The second kappa shape index (κ2) is 7.21. The van der Waals surface area contributed by atoms with E-state index in [4.69, 9.17) is 5.26 Å². The van der Waals surface area contributed by atoms with Gasteiger partial charge in [0, 0.05) is 13.1 Å². The zero-order valence-electron chi connectivity index (χ0n) is 12.9. The van der Waals surface area contributed by atoms with Gasteiger partial charge in [0.1, 0.15) is 5.82 Å². The minimum Gasteiger partial charge on any atom is -0.352 e. The maximum Gasteiger partial charge on any atom is 0.226 e. The minimum atomic E-state index is -0.303. The van der Waals surface area contributed by atoms with E-state index in [0.29, 0.717) is 18.7 Å². The van der Waals surface area contributed by atoms with Gasteiger partial charge >= 0.3 is 0 Å². The summed E-state index contributed by atoms with van der Waals surface area (Å²) >= 11 is 0. The van der Waals surface area contributed by atoms with Crippen LogP contribution in [0.3, 0.4) is 0 Å². The maximum atomic E-state index is 13.1. The van der Waals surface area contributed by atoms with E-state index in [9.17, 15) is 9.18 Å². The number of halogens is 1. The molecule has 6 heteroatoms. The van der Waals surface area contributed by atoms with Gasteiger partial charge in [-0.05, 0) is 35.4 Å². The van der Waals surface area contributed by atoms with Crippen LogP contribution in [0.5, 0.6) is 0 Å². The molecule has 0 saturated carbocycles. The highest BCUT2D eigenvalue weighted by Gasteiger charge is 2.33. The molecular formula is C18H17FN4O. The number of hydrazine groups is 1. The van der Waals surface area contributed by atoms with Gasteiger partial charge < -0.3 is 5.32 Å². The number of hydrogen-bond acceptors (Lipinski definition) is 4. The molecule has 1 heterocycles. The van der Waals surface area contributed by atoms with Crippen LogP contribution in [0, 0.1) is 23.1 Å². The lowest BCUT2D eigenvalue weighted by atomic mass is 9.94. The number of carbonyl (C=O) groups excluding carboxylic acids is 1. The van der Waals surface area contributed by atoms with Gasteiger partial charge in [-0.25, -0.2) is 9.82 Å². The molecular weight excluding hydrogens is 307 g/mol. The van der Waals surface area contributed by atoms with Gasteiger partial charge in [0.05, 0.1) is 23.6 Å². The first-order valence-electron chi connectivity index (χ1n) is 7.68. The van der Waals surface area contributed by atoms with E-state index in [0.717, 1.165) is 11.1 Å². The van der Waals surface area contributed by atoms with E-state index < -0.39 is 0 Å². The first-order chi connectivity index (χ1) is 11.7. The Bertz CT molecular complexity index is 769. The second-order valence-corrected chi connectivity index (χ2v) is 5.69. The van der Waals surface area contributed by atoms with Crippen LogP contribution >= 0.6 is 0 Å². The van der Waals surface area contributed by atoms with Gasteiger partial charge in [-0.15, -0.1) is 0 Å². The Kier molecular flexibility index (Phi) is 4.85. The van der Waals surface area contributed by atoms with E-state index in [1.54, 1.807) is 30.3 Å². The van der Waals surface area contributed by atoms with Gasteiger partial charge in [0.25, 0.3) is 0 Å². The normalized spacial score (nSPS) is 19.7. The van der Waals surface area contributed by atoms with E-state index in [1.807, 2.05) is 6.07 Å². The van der Waals surface area contributed by atoms with Gasteiger partial charge in [-0.3, -0.25) is 10.2 Å². The molecule has 2 aromatic rings. The third kappa shape index (κ3) is 3.59. The van der Waals surface area contributed by atoms with E-state index >= 15 is 0 Å². The molecule has 3 N–H and O–H groups in total. The predicted molar refractivity (Wildman–Crippen MR) is 86.8 cm³/mol. The standard InChI is InChI=1S/C18H17FN4O/c19-15-6-4-14(5-7-15)17-16(11-22-23-17)18(24)21-10-13-3-1-2-12(8-13)9-20/h1-8,16-17,22-23H,10-11H2,(H,21,24). The van der Waals surface area contributed by atoms with Crippen molar-refractivity contribution >= 4 is 5.91 Å². The van der Waals surface area contributed by atoms with E-state index in [1.165, 1.54) is 12.1 Å². The third-order valence-electron chi connectivity index (χ3n) is 4.07. The molecule has 0 aliphatic carbocycles. The largest absolute Gasteiger partial charge is 0.352 e. The molecule has 1 fully saturated rings. The van der Waals surface area contributed by atoms with E-state index in [2.05, 4.69) is 22.2 Å². The van der Waals surface area contributed by atoms with Crippen LogP contribution in [0.25, 0.3) is 0 Å². The average molecular weight is 324 g/mol. The van der Waals surface area contributed by atoms with Gasteiger partial charge in [-0.1, -0.05) is 24.3 Å². The number of nitriles is 1. The molecule has 5 nitrogen and oxygen atoms in total. The molecule has 0 bridgehead atoms. The average Bonchev–Trinajstić information content (AvgIpc) is 3.10. The fraction of sp³-hybridized carbons (Fsp3) is 0.222. The summed E-state index contributed by atoms with van der Waals surface area (Å²) in [6.07, 6.45) is 0. The molecule has 0 radical (unpaired) electrons. The first-order valence-corrected chi connectivity index (χ1v) is 7.68. The quantitative estimate of drug-likeness (QED) is 0.801. The molecule has 24 heavy (non-hydrogen) atoms. The van der Waals surface area contributed by atoms with Crippen molar-refractivity contribution in [3.63, 3.8) is 0 Å². The highest BCUT2D eigenvalue weighted by molar-refractivity contribution is 5.80. The maximum absolute atomic E-state index is 13.1. The molecule has 122 valence electrons. The van der Waals surface area contributed by atoms with Gasteiger partial charge in [0.2, 0.25) is 5.91 Å². The van der Waals surface area contributed by atoms with Crippen molar-refractivity contribution in [1.82, 2.24) is 16.2 Å². The number of nitrogens with zero attached hydrogens (tertiary/aromatic N) is 1. The number of rotatable bonds is 4. The summed E-state index contributed by atoms with van der Waals surface area (Å²) < 4.78 is 13.1. The SMILES string of the molecule is N#Cc1cccc(CNC(=O)C2CNNC2c2ccc(F)cc2)c1. The van der Waals surface area contributed by atoms with Gasteiger partial charge in [0.15, 0.2) is 0 Å². The van der Waals surface area contributed by atoms with Crippen molar-refractivity contribution in [2.24, 2.45) is 5.92 Å². The molecule has 2 unspecified atom stereocenters. The smallest absolute Gasteiger partial charge is 0.226 e. The summed E-state index contributed by atoms with van der Waals surface area (Å²) in [4.78, 5) is 12.5. The fourth-order valence-corrected chi connectivity index (χ4v) is 2.80. The van der Waals surface area contributed by atoms with Crippen LogP contribution in [0.15, 0.2) is 48.5 Å². The van der Waals surface area contributed by atoms with Crippen LogP contribution in [0.2, 0.25) is 0 Å². The summed E-state index contributed by atoms with van der Waals surface area (Å²) in [7, 11) is 0. The Morgan fingerprint density at radius 1 is 1.29 bits per heavy atom. The molecule has 1 aliphatic heterocycles. The van der Waals surface area contributed by atoms with Crippen molar-refractivity contribution in [2.75, 3.05) is 6.54 Å². The number of carbonyl (C=O) groups is 1. The minimum absolute atomic E-state index is 0.0933. The van der Waals surface area contributed by atoms with Crippen LogP contribution < -0.4 is 16.2 Å². The monoisotopic (exact) mass is 324 g/mol. The molecule has 1 aliphatic rings. The third-order valence-corrected chi connectivity index (χ3v) is 4.07. The van der Waals surface area contributed by atoms with Crippen LogP contribution in [0.1, 0.15) is 22.7 Å². The predicted octanol–water partition coefficient (Wildman–Crippen LogP) is 1.78. The molecule has 1 saturated heterocycles. The number of hydrogen-bond donors (Lipinski definition) is 3. The second-order valence-electron chi connectivity index (χ2n) is 5.69. The molecule has 3 rings (SSSR count). The van der Waals surface area contributed by atoms with Crippen LogP contribution in [0.4, 0.5) is 4.39 Å². The summed E-state index contributed by atoms with van der Waals surface area (Å²) in [6.45, 7) is 0.854. The Morgan fingerprint density at radius 2 is 2.08 bits per heavy atom. The van der Waals surface area contributed by atoms with Gasteiger partial charge in [-0.2, -0.15) is 5.26 Å². The molecule has 0 spiro atoms. The number of nitrogens with one attached hydrogen (secondary N) is 3. The van der Waals surface area contributed by atoms with Crippen molar-refractivity contribution in [2.45, 2.75) is 12.6 Å². The lowest BCUT2D eigenvalue weighted by Crippen LogP contribution is -2.34. The van der Waals surface area contributed by atoms with Crippen LogP contribution in [-0.4, -0.2) is 12.5 Å². The zero-order chi connectivity index (χ0) is 16.9. The topological polar surface area (TPSA) is 77.0 Å². The Balaban J connectivity index is 1.65. The summed E-state index contributed by atoms with van der Waals surface area (Å²) in [5.74, 6) is -0.693. The van der Waals surface area contributed by atoms with Crippen molar-refractivity contribution in [1.29, 1.82) is 5.26 Å². The molecule has 1 amide bonds. The first kappa shape index (κ1) is 16.1. The Morgan fingerprint density at radius 3 is 2.83 bits per heavy atom. The highest BCUT2D eigenvalue weighted by atomic mass is 19.1.